The van der Waals surface area contributed by atoms with Gasteiger partial charge < -0.3 is 14.2 Å². The molecule has 4 nitrogen and oxygen atoms in total. The second-order valence-corrected chi connectivity index (χ2v) is 7.52. The fourth-order valence-electron chi connectivity index (χ4n) is 3.64. The van der Waals surface area contributed by atoms with Crippen LogP contribution in [0.1, 0.15) is 11.1 Å². The number of halogens is 1. The lowest BCUT2D eigenvalue weighted by Gasteiger charge is -2.20. The highest BCUT2D eigenvalue weighted by molar-refractivity contribution is 6.30. The highest BCUT2D eigenvalue weighted by Crippen LogP contribution is 2.39. The van der Waals surface area contributed by atoms with Crippen molar-refractivity contribution in [1.82, 2.24) is 4.90 Å². The molecule has 0 fully saturated rings. The zero-order valence-electron chi connectivity index (χ0n) is 16.7. The molecule has 29 heavy (non-hydrogen) atoms. The minimum absolute atomic E-state index is 0.620. The van der Waals surface area contributed by atoms with E-state index in [0.29, 0.717) is 6.61 Å². The van der Waals surface area contributed by atoms with Crippen molar-refractivity contribution in [1.29, 1.82) is 0 Å². The molecule has 0 saturated carbocycles. The molecule has 1 aliphatic heterocycles. The van der Waals surface area contributed by atoms with Gasteiger partial charge in [-0.1, -0.05) is 35.9 Å². The van der Waals surface area contributed by atoms with Crippen LogP contribution in [0.3, 0.4) is 0 Å². The van der Waals surface area contributed by atoms with Crippen LogP contribution in [0.25, 0.3) is 11.1 Å². The van der Waals surface area contributed by atoms with Gasteiger partial charge in [0.05, 0.1) is 14.2 Å². The van der Waals surface area contributed by atoms with E-state index in [0.717, 1.165) is 58.6 Å². The standard InChI is InChI=1S/C24H24ClNO3/c1-27-22-5-3-4-18(13-22)19-12-20-16-26(15-17-6-8-21(25)9-7-17)10-11-29-24(20)23(14-19)28-2/h3-9,12-14H,10-11,15-16H2,1-2H3. The summed E-state index contributed by atoms with van der Waals surface area (Å²) in [6.07, 6.45) is 0. The van der Waals surface area contributed by atoms with Crippen molar-refractivity contribution < 1.29 is 14.2 Å². The van der Waals surface area contributed by atoms with Gasteiger partial charge in [0.1, 0.15) is 12.4 Å². The largest absolute Gasteiger partial charge is 0.497 e. The van der Waals surface area contributed by atoms with E-state index in [2.05, 4.69) is 29.2 Å². The summed E-state index contributed by atoms with van der Waals surface area (Å²) in [5.74, 6) is 2.42. The van der Waals surface area contributed by atoms with Crippen LogP contribution >= 0.6 is 11.6 Å². The maximum absolute atomic E-state index is 6.08. The number of methoxy groups -OCH3 is 2. The molecule has 3 aromatic carbocycles. The van der Waals surface area contributed by atoms with E-state index >= 15 is 0 Å². The Bertz CT molecular complexity index is 988. The van der Waals surface area contributed by atoms with Gasteiger partial charge in [0.2, 0.25) is 0 Å². The molecule has 0 bridgehead atoms. The lowest BCUT2D eigenvalue weighted by molar-refractivity contribution is 0.217. The van der Waals surface area contributed by atoms with Crippen molar-refractivity contribution in [3.63, 3.8) is 0 Å². The van der Waals surface area contributed by atoms with Crippen molar-refractivity contribution in [2.45, 2.75) is 13.1 Å². The van der Waals surface area contributed by atoms with Crippen molar-refractivity contribution in [2.24, 2.45) is 0 Å². The number of nitrogens with zero attached hydrogens (tertiary/aromatic N) is 1. The Morgan fingerprint density at radius 1 is 0.966 bits per heavy atom. The van der Waals surface area contributed by atoms with Crippen LogP contribution in [-0.4, -0.2) is 32.3 Å². The van der Waals surface area contributed by atoms with Gasteiger partial charge in [-0.3, -0.25) is 4.90 Å². The van der Waals surface area contributed by atoms with Gasteiger partial charge >= 0.3 is 0 Å². The van der Waals surface area contributed by atoms with Crippen molar-refractivity contribution >= 4 is 11.6 Å². The van der Waals surface area contributed by atoms with E-state index in [9.17, 15) is 0 Å². The maximum atomic E-state index is 6.08. The number of ether oxygens (including phenoxy) is 3. The Morgan fingerprint density at radius 2 is 1.79 bits per heavy atom. The zero-order chi connectivity index (χ0) is 20.2. The van der Waals surface area contributed by atoms with Gasteiger partial charge in [-0.05, 0) is 53.1 Å². The molecule has 0 N–H and O–H groups in total. The van der Waals surface area contributed by atoms with Gasteiger partial charge in [-0.15, -0.1) is 0 Å². The number of hydrogen-bond donors (Lipinski definition) is 0. The van der Waals surface area contributed by atoms with E-state index in [-0.39, 0.29) is 0 Å². The van der Waals surface area contributed by atoms with Gasteiger partial charge in [0.25, 0.3) is 0 Å². The molecule has 0 saturated heterocycles. The van der Waals surface area contributed by atoms with Crippen molar-refractivity contribution in [2.75, 3.05) is 27.4 Å². The SMILES string of the molecule is COc1cccc(-c2cc3c(c(OC)c2)OCCN(Cc2ccc(Cl)cc2)C3)c1. The minimum Gasteiger partial charge on any atom is -0.497 e. The molecule has 0 spiro atoms. The first kappa shape index (κ1) is 19.6. The topological polar surface area (TPSA) is 30.9 Å². The molecule has 0 amide bonds. The second-order valence-electron chi connectivity index (χ2n) is 7.08. The predicted octanol–water partition coefficient (Wildman–Crippen LogP) is 5.42. The number of benzene rings is 3. The summed E-state index contributed by atoms with van der Waals surface area (Å²) in [6, 6.07) is 20.3. The number of rotatable bonds is 5. The van der Waals surface area contributed by atoms with E-state index in [1.165, 1.54) is 5.56 Å². The van der Waals surface area contributed by atoms with Crippen LogP contribution in [0.2, 0.25) is 5.02 Å². The van der Waals surface area contributed by atoms with Crippen LogP contribution in [0.15, 0.2) is 60.7 Å². The monoisotopic (exact) mass is 409 g/mol. The molecular weight excluding hydrogens is 386 g/mol. The summed E-state index contributed by atoms with van der Waals surface area (Å²) in [4.78, 5) is 2.38. The average Bonchev–Trinajstić information content (AvgIpc) is 2.96. The Hall–Kier alpha value is -2.69. The van der Waals surface area contributed by atoms with Crippen LogP contribution < -0.4 is 14.2 Å². The van der Waals surface area contributed by atoms with Crippen molar-refractivity contribution in [3.05, 3.63) is 76.8 Å². The zero-order valence-corrected chi connectivity index (χ0v) is 17.4. The van der Waals surface area contributed by atoms with Crippen LogP contribution in [0.5, 0.6) is 17.2 Å². The third-order valence-corrected chi connectivity index (χ3v) is 5.37. The predicted molar refractivity (Wildman–Crippen MR) is 116 cm³/mol. The highest BCUT2D eigenvalue weighted by Gasteiger charge is 2.21. The molecule has 0 aliphatic carbocycles. The Morgan fingerprint density at radius 3 is 2.55 bits per heavy atom. The summed E-state index contributed by atoms with van der Waals surface area (Å²) in [6.45, 7) is 3.09. The molecule has 5 heteroatoms. The Labute approximate surface area is 176 Å². The van der Waals surface area contributed by atoms with Gasteiger partial charge in [0.15, 0.2) is 11.5 Å². The molecule has 150 valence electrons. The van der Waals surface area contributed by atoms with E-state index in [4.69, 9.17) is 25.8 Å². The molecule has 0 aromatic heterocycles. The summed E-state index contributed by atoms with van der Waals surface area (Å²) >= 11 is 6.02. The smallest absolute Gasteiger partial charge is 0.165 e. The van der Waals surface area contributed by atoms with Crippen LogP contribution in [0, 0.1) is 0 Å². The van der Waals surface area contributed by atoms with Crippen molar-refractivity contribution in [3.8, 4) is 28.4 Å². The summed E-state index contributed by atoms with van der Waals surface area (Å²) in [5.41, 5.74) is 4.51. The first-order valence-electron chi connectivity index (χ1n) is 9.61. The van der Waals surface area contributed by atoms with Gasteiger partial charge in [-0.25, -0.2) is 0 Å². The molecule has 1 aliphatic rings. The maximum Gasteiger partial charge on any atom is 0.165 e. The Kier molecular flexibility index (Phi) is 5.93. The quantitative estimate of drug-likeness (QED) is 0.563. The second kappa shape index (κ2) is 8.76. The molecule has 0 radical (unpaired) electrons. The molecule has 4 rings (SSSR count). The normalized spacial score (nSPS) is 13.9. The molecule has 0 unspecified atom stereocenters. The van der Waals surface area contributed by atoms with E-state index in [1.807, 2.05) is 36.4 Å². The van der Waals surface area contributed by atoms with Crippen LogP contribution in [-0.2, 0) is 13.1 Å². The molecule has 1 heterocycles. The fraction of sp³-hybridized carbons (Fsp3) is 0.250. The molecule has 3 aromatic rings. The Balaban J connectivity index is 1.66. The fourth-order valence-corrected chi connectivity index (χ4v) is 3.77. The lowest BCUT2D eigenvalue weighted by Crippen LogP contribution is -2.25. The van der Waals surface area contributed by atoms with E-state index in [1.54, 1.807) is 14.2 Å². The van der Waals surface area contributed by atoms with E-state index < -0.39 is 0 Å². The summed E-state index contributed by atoms with van der Waals surface area (Å²) in [5, 5.41) is 0.756. The number of hydrogen-bond acceptors (Lipinski definition) is 4. The minimum atomic E-state index is 0.620. The summed E-state index contributed by atoms with van der Waals surface area (Å²) in [7, 11) is 3.36. The third-order valence-electron chi connectivity index (χ3n) is 5.12. The first-order valence-corrected chi connectivity index (χ1v) is 9.99. The molecule has 0 atom stereocenters. The van der Waals surface area contributed by atoms with Gasteiger partial charge in [-0.2, -0.15) is 0 Å². The third kappa shape index (κ3) is 4.50. The number of fused-ring (bicyclic) bond motifs is 1. The average molecular weight is 410 g/mol. The van der Waals surface area contributed by atoms with Crippen LogP contribution in [0.4, 0.5) is 0 Å². The molecular formula is C24H24ClNO3. The van der Waals surface area contributed by atoms with Gasteiger partial charge in [0, 0.05) is 30.2 Å². The highest BCUT2D eigenvalue weighted by atomic mass is 35.5. The lowest BCUT2D eigenvalue weighted by atomic mass is 10.0. The summed E-state index contributed by atoms with van der Waals surface area (Å²) < 4.78 is 17.1. The first-order chi connectivity index (χ1) is 14.2.